The van der Waals surface area contributed by atoms with Crippen LogP contribution < -0.4 is 15.1 Å². The van der Waals surface area contributed by atoms with Crippen molar-refractivity contribution in [3.63, 3.8) is 0 Å². The number of benzene rings is 2. The number of alkyl halides is 2. The third kappa shape index (κ3) is 5.37. The van der Waals surface area contributed by atoms with Gasteiger partial charge in [0, 0.05) is 71.9 Å². The van der Waals surface area contributed by atoms with Gasteiger partial charge in [-0.25, -0.2) is 13.8 Å². The minimum atomic E-state index is -2.87. The number of aromatic nitrogens is 2. The van der Waals surface area contributed by atoms with Crippen LogP contribution in [0.1, 0.15) is 42.9 Å². The predicted octanol–water partition coefficient (Wildman–Crippen LogP) is 5.28. The topological polar surface area (TPSA) is 111 Å². The van der Waals surface area contributed by atoms with Crippen LogP contribution in [0.3, 0.4) is 0 Å². The van der Waals surface area contributed by atoms with Crippen molar-refractivity contribution in [3.05, 3.63) is 89.2 Å². The van der Waals surface area contributed by atoms with E-state index in [1.165, 1.54) is 28.1 Å². The lowest BCUT2D eigenvalue weighted by molar-refractivity contribution is -0.133. The summed E-state index contributed by atoms with van der Waals surface area (Å²) in [6, 6.07) is 15.4. The molecule has 1 N–H and O–H groups in total. The number of nitrogens with one attached hydrogen (secondary N) is 1. The highest BCUT2D eigenvalue weighted by molar-refractivity contribution is 6.31. The van der Waals surface area contributed by atoms with Gasteiger partial charge in [0.2, 0.25) is 11.8 Å². The number of halogens is 3. The summed E-state index contributed by atoms with van der Waals surface area (Å²) in [5.74, 6) is -4.37. The van der Waals surface area contributed by atoms with Crippen LogP contribution in [0.5, 0.6) is 0 Å². The quantitative estimate of drug-likeness (QED) is 0.304. The van der Waals surface area contributed by atoms with E-state index in [1.807, 2.05) is 36.0 Å². The van der Waals surface area contributed by atoms with E-state index in [0.717, 1.165) is 10.9 Å². The Kier molecular flexibility index (Phi) is 7.55. The monoisotopic (exact) mass is 616 g/mol. The number of amides is 3. The Morgan fingerprint density at radius 3 is 2.66 bits per heavy atom. The van der Waals surface area contributed by atoms with E-state index in [-0.39, 0.29) is 35.2 Å². The van der Waals surface area contributed by atoms with Gasteiger partial charge in [-0.15, -0.1) is 0 Å². The van der Waals surface area contributed by atoms with E-state index < -0.39 is 48.7 Å². The first kappa shape index (κ1) is 29.3. The van der Waals surface area contributed by atoms with E-state index >= 15 is 0 Å². The van der Waals surface area contributed by atoms with Gasteiger partial charge in [-0.05, 0) is 48.9 Å². The van der Waals surface area contributed by atoms with Gasteiger partial charge in [-0.1, -0.05) is 29.8 Å². The predicted molar refractivity (Wildman–Crippen MR) is 160 cm³/mol. The van der Waals surface area contributed by atoms with Crippen molar-refractivity contribution >= 4 is 51.7 Å². The molecule has 1 saturated carbocycles. The fraction of sp³-hybridized carbons (Fsp3) is 0.281. The van der Waals surface area contributed by atoms with Crippen LogP contribution in [0.15, 0.2) is 73.1 Å². The van der Waals surface area contributed by atoms with Gasteiger partial charge < -0.3 is 9.88 Å². The van der Waals surface area contributed by atoms with E-state index in [1.54, 1.807) is 36.4 Å². The zero-order valence-corrected chi connectivity index (χ0v) is 24.3. The fourth-order valence-corrected chi connectivity index (χ4v) is 6.18. The summed E-state index contributed by atoms with van der Waals surface area (Å²) in [6.07, 6.45) is 2.40. The number of pyridine rings is 1. The first-order valence-electron chi connectivity index (χ1n) is 14.1. The molecule has 1 unspecified atom stereocenters. The first-order valence-corrected chi connectivity index (χ1v) is 14.4. The Bertz CT molecular complexity index is 1830. The van der Waals surface area contributed by atoms with Crippen molar-refractivity contribution < 1.29 is 23.2 Å². The van der Waals surface area contributed by atoms with Crippen molar-refractivity contribution in [2.24, 2.45) is 7.05 Å². The Morgan fingerprint density at radius 1 is 1.16 bits per heavy atom. The molecule has 0 bridgehead atoms. The van der Waals surface area contributed by atoms with Gasteiger partial charge in [0.05, 0.1) is 11.6 Å². The van der Waals surface area contributed by atoms with Gasteiger partial charge in [0.15, 0.2) is 0 Å². The van der Waals surface area contributed by atoms with Crippen LogP contribution in [-0.4, -0.2) is 45.3 Å². The standard InChI is InChI=1S/C32H27ClF2N6O3/c1-39-13-11-20-15-22(6-7-25(20)39)40(31(44)26-8-9-28(42)41(26)27-14-19(18-36)10-12-37-27)29(23-4-2-3-5-24(23)33)30(43)38-21-16-32(34,35)17-21/h2-7,10-15,21,26,29H,8-9,16-17H2,1H3,(H,38,43)/t26-,29?/m0/s1. The summed E-state index contributed by atoms with van der Waals surface area (Å²) in [6.45, 7) is 0. The summed E-state index contributed by atoms with van der Waals surface area (Å²) >= 11 is 6.62. The molecule has 9 nitrogen and oxygen atoms in total. The Morgan fingerprint density at radius 2 is 1.93 bits per heavy atom. The van der Waals surface area contributed by atoms with Crippen molar-refractivity contribution in [1.82, 2.24) is 14.9 Å². The number of fused-ring (bicyclic) bond motifs is 1. The van der Waals surface area contributed by atoms with Crippen LogP contribution in [0.4, 0.5) is 20.3 Å². The largest absolute Gasteiger partial charge is 0.351 e. The Balaban J connectivity index is 1.48. The molecule has 2 fully saturated rings. The summed E-state index contributed by atoms with van der Waals surface area (Å²) in [4.78, 5) is 48.8. The van der Waals surface area contributed by atoms with Crippen LogP contribution >= 0.6 is 11.6 Å². The minimum Gasteiger partial charge on any atom is -0.351 e. The molecule has 2 aromatic carbocycles. The smallest absolute Gasteiger partial charge is 0.252 e. The molecule has 1 saturated heterocycles. The molecule has 44 heavy (non-hydrogen) atoms. The third-order valence-electron chi connectivity index (χ3n) is 8.15. The molecule has 3 heterocycles. The molecule has 6 rings (SSSR count). The summed E-state index contributed by atoms with van der Waals surface area (Å²) in [5, 5.41) is 13.1. The number of hydrogen-bond acceptors (Lipinski definition) is 5. The van der Waals surface area contributed by atoms with Crippen LogP contribution in [0.25, 0.3) is 10.9 Å². The summed E-state index contributed by atoms with van der Waals surface area (Å²) in [5.41, 5.74) is 1.79. The SMILES string of the molecule is Cn1ccc2cc(N(C(=O)[C@@H]3CCC(=O)N3c3cc(C#N)ccn3)C(C(=O)NC3CC(F)(F)C3)c3ccccc3Cl)ccc21. The maximum atomic E-state index is 14.8. The second-order valence-corrected chi connectivity index (χ2v) is 11.5. The number of aryl methyl sites for hydroxylation is 1. The molecule has 2 atom stereocenters. The van der Waals surface area contributed by atoms with E-state index in [0.29, 0.717) is 11.3 Å². The number of hydrogen-bond donors (Lipinski definition) is 1. The fourth-order valence-electron chi connectivity index (χ4n) is 5.95. The normalized spacial score (nSPS) is 18.5. The molecule has 0 radical (unpaired) electrons. The zero-order valence-electron chi connectivity index (χ0n) is 23.6. The average Bonchev–Trinajstić information content (AvgIpc) is 3.56. The molecule has 1 aliphatic carbocycles. The Hall–Kier alpha value is -4.82. The number of anilines is 2. The van der Waals surface area contributed by atoms with Crippen molar-refractivity contribution in [2.75, 3.05) is 9.80 Å². The average molecular weight is 617 g/mol. The Labute approximate surface area is 256 Å². The first-order chi connectivity index (χ1) is 21.1. The van der Waals surface area contributed by atoms with E-state index in [4.69, 9.17) is 11.6 Å². The van der Waals surface area contributed by atoms with Crippen LogP contribution in [0, 0.1) is 11.3 Å². The van der Waals surface area contributed by atoms with E-state index in [2.05, 4.69) is 10.3 Å². The maximum absolute atomic E-state index is 14.8. The number of rotatable bonds is 7. The van der Waals surface area contributed by atoms with Crippen LogP contribution in [0.2, 0.25) is 5.02 Å². The van der Waals surface area contributed by atoms with Gasteiger partial charge in [0.1, 0.15) is 17.9 Å². The molecule has 1 aliphatic heterocycles. The zero-order chi connectivity index (χ0) is 31.2. The lowest BCUT2D eigenvalue weighted by Gasteiger charge is -2.39. The molecule has 4 aromatic rings. The van der Waals surface area contributed by atoms with E-state index in [9.17, 15) is 28.4 Å². The number of nitriles is 1. The minimum absolute atomic E-state index is 0.0422. The number of nitrogens with zero attached hydrogens (tertiary/aromatic N) is 5. The van der Waals surface area contributed by atoms with Gasteiger partial charge in [0.25, 0.3) is 11.8 Å². The molecular formula is C32H27ClF2N6O3. The second-order valence-electron chi connectivity index (χ2n) is 11.1. The lowest BCUT2D eigenvalue weighted by Crippen LogP contribution is -2.56. The van der Waals surface area contributed by atoms with Gasteiger partial charge in [-0.2, -0.15) is 5.26 Å². The molecular weight excluding hydrogens is 590 g/mol. The van der Waals surface area contributed by atoms with Crippen molar-refractivity contribution in [2.45, 2.75) is 49.7 Å². The number of carbonyl (C=O) groups is 3. The summed E-state index contributed by atoms with van der Waals surface area (Å²) < 4.78 is 29.4. The molecule has 2 aromatic heterocycles. The molecule has 3 amide bonds. The highest BCUT2D eigenvalue weighted by Gasteiger charge is 2.48. The molecule has 2 aliphatic rings. The van der Waals surface area contributed by atoms with Crippen molar-refractivity contribution in [3.8, 4) is 6.07 Å². The van der Waals surface area contributed by atoms with Gasteiger partial charge in [-0.3, -0.25) is 24.2 Å². The van der Waals surface area contributed by atoms with Crippen LogP contribution in [-0.2, 0) is 21.4 Å². The third-order valence-corrected chi connectivity index (χ3v) is 8.49. The second kappa shape index (κ2) is 11.4. The molecule has 0 spiro atoms. The highest BCUT2D eigenvalue weighted by atomic mass is 35.5. The molecule has 12 heteroatoms. The maximum Gasteiger partial charge on any atom is 0.252 e. The van der Waals surface area contributed by atoms with Gasteiger partial charge >= 0.3 is 0 Å². The number of carbonyl (C=O) groups excluding carboxylic acids is 3. The lowest BCUT2D eigenvalue weighted by atomic mass is 9.87. The van der Waals surface area contributed by atoms with Crippen molar-refractivity contribution in [1.29, 1.82) is 5.26 Å². The molecule has 224 valence electrons. The summed E-state index contributed by atoms with van der Waals surface area (Å²) in [7, 11) is 1.88. The highest BCUT2D eigenvalue weighted by Crippen LogP contribution is 2.40.